The third-order valence-corrected chi connectivity index (χ3v) is 2.80. The lowest BCUT2D eigenvalue weighted by Crippen LogP contribution is -2.15. The van der Waals surface area contributed by atoms with Crippen LogP contribution in [0.1, 0.15) is 29.2 Å². The third-order valence-electron chi connectivity index (χ3n) is 2.80. The van der Waals surface area contributed by atoms with Crippen LogP contribution in [-0.4, -0.2) is 26.7 Å². The molecule has 0 bridgehead atoms. The Kier molecular flexibility index (Phi) is 3.93. The highest BCUT2D eigenvalue weighted by molar-refractivity contribution is 5.14. The molecular formula is C12H19N5. The first-order valence-electron chi connectivity index (χ1n) is 5.96. The van der Waals surface area contributed by atoms with Gasteiger partial charge in [0.1, 0.15) is 5.82 Å². The van der Waals surface area contributed by atoms with Gasteiger partial charge in [-0.05, 0) is 38.8 Å². The molecular weight excluding hydrogens is 214 g/mol. The van der Waals surface area contributed by atoms with E-state index in [4.69, 9.17) is 0 Å². The zero-order valence-electron chi connectivity index (χ0n) is 10.4. The van der Waals surface area contributed by atoms with Crippen LogP contribution in [-0.2, 0) is 13.0 Å². The number of aromatic nitrogens is 4. The molecule has 0 saturated carbocycles. The number of hydrogen-bond acceptors (Lipinski definition) is 3. The van der Waals surface area contributed by atoms with Gasteiger partial charge in [-0.1, -0.05) is 0 Å². The van der Waals surface area contributed by atoms with E-state index in [9.17, 15) is 0 Å². The molecule has 2 aromatic heterocycles. The first-order valence-corrected chi connectivity index (χ1v) is 5.96. The van der Waals surface area contributed by atoms with Gasteiger partial charge in [0.05, 0.1) is 6.20 Å². The van der Waals surface area contributed by atoms with Gasteiger partial charge in [-0.25, -0.2) is 4.98 Å². The van der Waals surface area contributed by atoms with Gasteiger partial charge in [-0.3, -0.25) is 5.10 Å². The minimum Gasteiger partial charge on any atom is -0.345 e. The Bertz CT molecular complexity index is 457. The van der Waals surface area contributed by atoms with Crippen LogP contribution in [0.2, 0.25) is 0 Å². The van der Waals surface area contributed by atoms with E-state index in [1.165, 1.54) is 11.3 Å². The predicted molar refractivity (Wildman–Crippen MR) is 66.7 cm³/mol. The molecule has 0 saturated heterocycles. The molecule has 2 aromatic rings. The average molecular weight is 233 g/mol. The number of aryl methyl sites for hydroxylation is 3. The van der Waals surface area contributed by atoms with Gasteiger partial charge >= 0.3 is 0 Å². The van der Waals surface area contributed by atoms with Gasteiger partial charge < -0.3 is 10.3 Å². The maximum Gasteiger partial charge on any atom is 0.103 e. The van der Waals surface area contributed by atoms with Crippen LogP contribution in [0.4, 0.5) is 0 Å². The van der Waals surface area contributed by atoms with Crippen LogP contribution < -0.4 is 5.32 Å². The average Bonchev–Trinajstić information content (AvgIpc) is 2.88. The number of H-pyrrole nitrogens is 2. The SMILES string of the molecule is Cc1ncc(CNCCCc2cn[nH]c2C)[nH]1. The fourth-order valence-corrected chi connectivity index (χ4v) is 1.82. The first kappa shape index (κ1) is 11.9. The number of nitrogens with zero attached hydrogens (tertiary/aromatic N) is 2. The molecule has 0 aliphatic rings. The van der Waals surface area contributed by atoms with E-state index in [0.717, 1.165) is 37.4 Å². The minimum absolute atomic E-state index is 0.852. The van der Waals surface area contributed by atoms with E-state index in [1.54, 1.807) is 0 Å². The molecule has 0 atom stereocenters. The normalized spacial score (nSPS) is 10.9. The van der Waals surface area contributed by atoms with Gasteiger partial charge in [0.15, 0.2) is 0 Å². The van der Waals surface area contributed by atoms with Crippen LogP contribution in [0.15, 0.2) is 12.4 Å². The van der Waals surface area contributed by atoms with Crippen molar-refractivity contribution in [1.29, 1.82) is 0 Å². The van der Waals surface area contributed by atoms with Crippen LogP contribution in [0.3, 0.4) is 0 Å². The summed E-state index contributed by atoms with van der Waals surface area (Å²) in [5.41, 5.74) is 3.63. The third kappa shape index (κ3) is 3.42. The van der Waals surface area contributed by atoms with E-state index in [2.05, 4.69) is 32.4 Å². The summed E-state index contributed by atoms with van der Waals surface area (Å²) in [7, 11) is 0. The van der Waals surface area contributed by atoms with Crippen LogP contribution in [0.5, 0.6) is 0 Å². The van der Waals surface area contributed by atoms with Crippen LogP contribution in [0, 0.1) is 13.8 Å². The Labute approximate surface area is 101 Å². The quantitative estimate of drug-likeness (QED) is 0.662. The van der Waals surface area contributed by atoms with E-state index in [1.807, 2.05) is 19.3 Å². The fourth-order valence-electron chi connectivity index (χ4n) is 1.82. The van der Waals surface area contributed by atoms with Crippen molar-refractivity contribution in [3.8, 4) is 0 Å². The van der Waals surface area contributed by atoms with Crippen molar-refractivity contribution in [1.82, 2.24) is 25.5 Å². The van der Waals surface area contributed by atoms with Crippen molar-refractivity contribution in [2.24, 2.45) is 0 Å². The summed E-state index contributed by atoms with van der Waals surface area (Å²) in [4.78, 5) is 7.36. The molecule has 3 N–H and O–H groups in total. The van der Waals surface area contributed by atoms with Gasteiger partial charge in [-0.2, -0.15) is 5.10 Å². The maximum absolute atomic E-state index is 4.16. The lowest BCUT2D eigenvalue weighted by Gasteiger charge is -2.02. The summed E-state index contributed by atoms with van der Waals surface area (Å²) in [6.07, 6.45) is 5.97. The van der Waals surface area contributed by atoms with Gasteiger partial charge in [-0.15, -0.1) is 0 Å². The van der Waals surface area contributed by atoms with Crippen molar-refractivity contribution < 1.29 is 0 Å². The number of imidazole rings is 1. The number of aromatic amines is 2. The molecule has 0 unspecified atom stereocenters. The Morgan fingerprint density at radius 2 is 2.18 bits per heavy atom. The summed E-state index contributed by atoms with van der Waals surface area (Å²) >= 11 is 0. The second-order valence-electron chi connectivity index (χ2n) is 4.29. The van der Waals surface area contributed by atoms with Crippen molar-refractivity contribution in [3.05, 3.63) is 35.2 Å². The van der Waals surface area contributed by atoms with Crippen LogP contribution in [0.25, 0.3) is 0 Å². The van der Waals surface area contributed by atoms with E-state index >= 15 is 0 Å². The maximum atomic E-state index is 4.16. The van der Waals surface area contributed by atoms with E-state index in [-0.39, 0.29) is 0 Å². The minimum atomic E-state index is 0.852. The number of hydrogen-bond donors (Lipinski definition) is 3. The molecule has 0 fully saturated rings. The van der Waals surface area contributed by atoms with E-state index in [0.29, 0.717) is 0 Å². The summed E-state index contributed by atoms with van der Waals surface area (Å²) in [6.45, 7) is 5.88. The second kappa shape index (κ2) is 5.63. The van der Waals surface area contributed by atoms with Crippen molar-refractivity contribution in [2.75, 3.05) is 6.54 Å². The first-order chi connectivity index (χ1) is 8.25. The molecule has 0 radical (unpaired) electrons. The molecule has 0 aliphatic carbocycles. The lowest BCUT2D eigenvalue weighted by molar-refractivity contribution is 0.641. The predicted octanol–water partition coefficient (Wildman–Crippen LogP) is 1.47. The topological polar surface area (TPSA) is 69.4 Å². The zero-order valence-corrected chi connectivity index (χ0v) is 10.4. The molecule has 5 nitrogen and oxygen atoms in total. The monoisotopic (exact) mass is 233 g/mol. The summed E-state index contributed by atoms with van der Waals surface area (Å²) in [5.74, 6) is 0.968. The van der Waals surface area contributed by atoms with E-state index < -0.39 is 0 Å². The van der Waals surface area contributed by atoms with Gasteiger partial charge in [0, 0.05) is 24.1 Å². The number of nitrogens with one attached hydrogen (secondary N) is 3. The summed E-state index contributed by atoms with van der Waals surface area (Å²) < 4.78 is 0. The highest BCUT2D eigenvalue weighted by Gasteiger charge is 2.00. The Morgan fingerprint density at radius 3 is 2.82 bits per heavy atom. The Hall–Kier alpha value is -1.62. The molecule has 0 aliphatic heterocycles. The summed E-state index contributed by atoms with van der Waals surface area (Å²) in [5, 5.41) is 10.4. The van der Waals surface area contributed by atoms with Crippen molar-refractivity contribution in [3.63, 3.8) is 0 Å². The van der Waals surface area contributed by atoms with Gasteiger partial charge in [0.25, 0.3) is 0 Å². The Morgan fingerprint density at radius 1 is 1.29 bits per heavy atom. The highest BCUT2D eigenvalue weighted by Crippen LogP contribution is 2.05. The molecule has 2 rings (SSSR count). The molecule has 0 spiro atoms. The van der Waals surface area contributed by atoms with Crippen LogP contribution >= 0.6 is 0 Å². The molecule has 92 valence electrons. The standard InChI is InChI=1S/C12H19N5/c1-9-11(6-15-17-9)4-3-5-13-7-12-8-14-10(2)16-12/h6,8,13H,3-5,7H2,1-2H3,(H,14,16)(H,15,17). The lowest BCUT2D eigenvalue weighted by atomic mass is 10.1. The van der Waals surface area contributed by atoms with Crippen molar-refractivity contribution >= 4 is 0 Å². The molecule has 17 heavy (non-hydrogen) atoms. The molecule has 2 heterocycles. The number of rotatable bonds is 6. The molecule has 0 amide bonds. The van der Waals surface area contributed by atoms with Gasteiger partial charge in [0.2, 0.25) is 0 Å². The molecule has 0 aromatic carbocycles. The largest absolute Gasteiger partial charge is 0.345 e. The highest BCUT2D eigenvalue weighted by atomic mass is 15.1. The molecule has 5 heteroatoms. The zero-order chi connectivity index (χ0) is 12.1. The fraction of sp³-hybridized carbons (Fsp3) is 0.500. The Balaban J connectivity index is 1.62. The second-order valence-corrected chi connectivity index (χ2v) is 4.29. The summed E-state index contributed by atoms with van der Waals surface area (Å²) in [6, 6.07) is 0. The van der Waals surface area contributed by atoms with Crippen molar-refractivity contribution in [2.45, 2.75) is 33.2 Å². The smallest absolute Gasteiger partial charge is 0.103 e.